The van der Waals surface area contributed by atoms with E-state index in [9.17, 15) is 9.59 Å². The molecule has 2 aromatic rings. The first-order chi connectivity index (χ1) is 13.6. The van der Waals surface area contributed by atoms with Crippen LogP contribution in [0.2, 0.25) is 0 Å². The van der Waals surface area contributed by atoms with Crippen LogP contribution in [0.4, 0.5) is 10.5 Å². The van der Waals surface area contributed by atoms with Gasteiger partial charge in [0.15, 0.2) is 0 Å². The minimum Gasteiger partial charge on any atom is -0.491 e. The molecule has 1 saturated heterocycles. The quantitative estimate of drug-likeness (QED) is 0.805. The van der Waals surface area contributed by atoms with Crippen molar-refractivity contribution in [1.29, 1.82) is 0 Å². The van der Waals surface area contributed by atoms with Gasteiger partial charge in [0.2, 0.25) is 5.91 Å². The van der Waals surface area contributed by atoms with E-state index in [1.165, 1.54) is 11.3 Å². The molecular formula is C22H24N2O3S. The van der Waals surface area contributed by atoms with E-state index in [4.69, 9.17) is 4.74 Å². The van der Waals surface area contributed by atoms with E-state index in [1.807, 2.05) is 24.3 Å². The Morgan fingerprint density at radius 2 is 1.93 bits per heavy atom. The summed E-state index contributed by atoms with van der Waals surface area (Å²) in [5.41, 5.74) is 3.76. The number of thioether (sulfide) groups is 1. The van der Waals surface area contributed by atoms with Crippen LogP contribution in [0.3, 0.4) is 0 Å². The van der Waals surface area contributed by atoms with Gasteiger partial charge in [0, 0.05) is 12.2 Å². The Bertz CT molecular complexity index is 868. The van der Waals surface area contributed by atoms with Gasteiger partial charge < -0.3 is 9.64 Å². The molecule has 6 heteroatoms. The summed E-state index contributed by atoms with van der Waals surface area (Å²) in [4.78, 5) is 25.4. The van der Waals surface area contributed by atoms with Crippen LogP contribution in [-0.4, -0.2) is 35.6 Å². The van der Waals surface area contributed by atoms with Crippen molar-refractivity contribution in [2.24, 2.45) is 0 Å². The summed E-state index contributed by atoms with van der Waals surface area (Å²) < 4.78 is 6.08. The molecule has 2 aliphatic rings. The van der Waals surface area contributed by atoms with Gasteiger partial charge in [-0.2, -0.15) is 0 Å². The highest BCUT2D eigenvalue weighted by Gasteiger charge is 2.31. The smallest absolute Gasteiger partial charge is 0.286 e. The molecule has 0 bridgehead atoms. The maximum absolute atomic E-state index is 11.7. The van der Waals surface area contributed by atoms with Gasteiger partial charge in [-0.3, -0.25) is 14.9 Å². The zero-order valence-electron chi connectivity index (χ0n) is 15.9. The number of nitrogens with one attached hydrogen (secondary N) is 1. The molecule has 2 aliphatic heterocycles. The first kappa shape index (κ1) is 18.9. The predicted octanol–water partition coefficient (Wildman–Crippen LogP) is 3.80. The van der Waals surface area contributed by atoms with Gasteiger partial charge in [0.1, 0.15) is 12.4 Å². The van der Waals surface area contributed by atoms with Crippen molar-refractivity contribution >= 4 is 28.6 Å². The third-order valence-corrected chi connectivity index (χ3v) is 6.36. The lowest BCUT2D eigenvalue weighted by Crippen LogP contribution is -2.43. The van der Waals surface area contributed by atoms with Crippen LogP contribution in [0.25, 0.3) is 0 Å². The third kappa shape index (κ3) is 4.02. The maximum atomic E-state index is 11.7. The number of carbonyl (C=O) groups is 2. The molecule has 4 rings (SSSR count). The lowest BCUT2D eigenvalue weighted by Gasteiger charge is -2.38. The zero-order chi connectivity index (χ0) is 19.5. The fourth-order valence-corrected chi connectivity index (χ4v) is 4.79. The number of carbonyl (C=O) groups excluding carboxylic acids is 2. The van der Waals surface area contributed by atoms with E-state index in [-0.39, 0.29) is 16.4 Å². The SMILES string of the molecule is CCN1c2ccccc2CCC1COc1ccc(CC2SC(=O)NC2=O)cc1. The van der Waals surface area contributed by atoms with E-state index in [1.54, 1.807) is 0 Å². The summed E-state index contributed by atoms with van der Waals surface area (Å²) in [5.74, 6) is 0.630. The van der Waals surface area contributed by atoms with Crippen LogP contribution in [0, 0.1) is 0 Å². The van der Waals surface area contributed by atoms with Crippen molar-refractivity contribution in [2.45, 2.75) is 37.5 Å². The molecule has 0 radical (unpaired) electrons. The summed E-state index contributed by atoms with van der Waals surface area (Å²) in [5, 5.41) is 1.73. The van der Waals surface area contributed by atoms with E-state index in [2.05, 4.69) is 41.4 Å². The fraction of sp³-hybridized carbons (Fsp3) is 0.364. The molecule has 1 N–H and O–H groups in total. The van der Waals surface area contributed by atoms with Gasteiger partial charge in [0.25, 0.3) is 5.24 Å². The summed E-state index contributed by atoms with van der Waals surface area (Å²) in [7, 11) is 0. The second kappa shape index (κ2) is 8.27. The molecule has 2 heterocycles. The van der Waals surface area contributed by atoms with Crippen molar-refractivity contribution < 1.29 is 14.3 Å². The van der Waals surface area contributed by atoms with Gasteiger partial charge in [-0.1, -0.05) is 42.1 Å². The second-order valence-corrected chi connectivity index (χ2v) is 8.33. The Labute approximate surface area is 169 Å². The van der Waals surface area contributed by atoms with E-state index < -0.39 is 0 Å². The molecule has 2 atom stereocenters. The number of aryl methyl sites for hydroxylation is 1. The highest BCUT2D eigenvalue weighted by Crippen LogP contribution is 2.31. The van der Waals surface area contributed by atoms with Crippen LogP contribution in [0.15, 0.2) is 48.5 Å². The van der Waals surface area contributed by atoms with Crippen LogP contribution in [0.5, 0.6) is 5.75 Å². The van der Waals surface area contributed by atoms with Crippen molar-refractivity contribution in [3.05, 3.63) is 59.7 Å². The molecule has 0 aromatic heterocycles. The molecule has 0 aliphatic carbocycles. The monoisotopic (exact) mass is 396 g/mol. The molecule has 0 spiro atoms. The Balaban J connectivity index is 1.35. The number of ether oxygens (including phenoxy) is 1. The Morgan fingerprint density at radius 3 is 2.64 bits per heavy atom. The molecule has 28 heavy (non-hydrogen) atoms. The molecule has 2 unspecified atom stereocenters. The fourth-order valence-electron chi connectivity index (χ4n) is 3.93. The number of likely N-dealkylation sites (N-methyl/N-ethyl adjacent to an activating group) is 1. The number of imide groups is 1. The summed E-state index contributed by atoms with van der Waals surface area (Å²) in [6.07, 6.45) is 2.72. The molecule has 5 nitrogen and oxygen atoms in total. The number of amides is 2. The maximum Gasteiger partial charge on any atom is 0.286 e. The normalized spacial score (nSPS) is 21.4. The van der Waals surface area contributed by atoms with Crippen molar-refractivity contribution in [1.82, 2.24) is 5.32 Å². The second-order valence-electron chi connectivity index (χ2n) is 7.15. The highest BCUT2D eigenvalue weighted by atomic mass is 32.2. The Morgan fingerprint density at radius 1 is 1.14 bits per heavy atom. The van der Waals surface area contributed by atoms with Gasteiger partial charge in [-0.25, -0.2) is 0 Å². The molecule has 2 aromatic carbocycles. The van der Waals surface area contributed by atoms with Crippen molar-refractivity contribution in [3.63, 3.8) is 0 Å². The standard InChI is InChI=1S/C22H24N2O3S/c1-2-24-17(10-9-16-5-3-4-6-19(16)24)14-27-18-11-7-15(8-12-18)13-20-21(25)23-22(26)28-20/h3-8,11-12,17,20H,2,9-10,13-14H2,1H3,(H,23,25,26). The number of hydrogen-bond acceptors (Lipinski definition) is 5. The first-order valence-corrected chi connectivity index (χ1v) is 10.6. The highest BCUT2D eigenvalue weighted by molar-refractivity contribution is 8.15. The lowest BCUT2D eigenvalue weighted by molar-refractivity contribution is -0.118. The van der Waals surface area contributed by atoms with Gasteiger partial charge in [0.05, 0.1) is 11.3 Å². The van der Waals surface area contributed by atoms with Crippen molar-refractivity contribution in [2.75, 3.05) is 18.1 Å². The first-order valence-electron chi connectivity index (χ1n) is 9.72. The lowest BCUT2D eigenvalue weighted by atomic mass is 9.96. The van der Waals surface area contributed by atoms with Crippen LogP contribution >= 0.6 is 11.8 Å². The molecule has 2 amide bonds. The zero-order valence-corrected chi connectivity index (χ0v) is 16.7. The summed E-state index contributed by atoms with van der Waals surface area (Å²) >= 11 is 1.06. The molecule has 146 valence electrons. The summed E-state index contributed by atoms with van der Waals surface area (Å²) in [6.45, 7) is 3.80. The van der Waals surface area contributed by atoms with Gasteiger partial charge >= 0.3 is 0 Å². The Hall–Kier alpha value is -2.47. The largest absolute Gasteiger partial charge is 0.491 e. The number of para-hydroxylation sites is 1. The van der Waals surface area contributed by atoms with Crippen molar-refractivity contribution in [3.8, 4) is 5.75 Å². The average molecular weight is 397 g/mol. The van der Waals surface area contributed by atoms with E-state index >= 15 is 0 Å². The molecule has 1 fully saturated rings. The van der Waals surface area contributed by atoms with E-state index in [0.717, 1.165) is 42.5 Å². The number of rotatable bonds is 6. The molecular weight excluding hydrogens is 372 g/mol. The summed E-state index contributed by atoms with van der Waals surface area (Å²) in [6, 6.07) is 16.8. The average Bonchev–Trinajstić information content (AvgIpc) is 3.03. The third-order valence-electron chi connectivity index (χ3n) is 5.38. The topological polar surface area (TPSA) is 58.6 Å². The van der Waals surface area contributed by atoms with Crippen LogP contribution in [-0.2, 0) is 17.6 Å². The van der Waals surface area contributed by atoms with Crippen LogP contribution < -0.4 is 15.0 Å². The number of benzene rings is 2. The number of hydrogen-bond donors (Lipinski definition) is 1. The predicted molar refractivity (Wildman–Crippen MR) is 112 cm³/mol. The van der Waals surface area contributed by atoms with Crippen LogP contribution in [0.1, 0.15) is 24.5 Å². The number of anilines is 1. The number of fused-ring (bicyclic) bond motifs is 1. The Kier molecular flexibility index (Phi) is 5.57. The molecule has 0 saturated carbocycles. The number of nitrogens with zero attached hydrogens (tertiary/aromatic N) is 1. The minimum atomic E-state index is -0.334. The minimum absolute atomic E-state index is 0.201. The van der Waals surface area contributed by atoms with E-state index in [0.29, 0.717) is 19.1 Å². The van der Waals surface area contributed by atoms with Gasteiger partial charge in [-0.15, -0.1) is 0 Å². The van der Waals surface area contributed by atoms with Gasteiger partial charge in [-0.05, 0) is 55.5 Å².